The van der Waals surface area contributed by atoms with Crippen LogP contribution < -0.4 is 16.4 Å². The Kier molecular flexibility index (Phi) is 6.31. The van der Waals surface area contributed by atoms with Gasteiger partial charge in [0.2, 0.25) is 0 Å². The lowest BCUT2D eigenvalue weighted by atomic mass is 10.4. The maximum absolute atomic E-state index is 10.9. The largest absolute Gasteiger partial charge is 0.454 e. The molecule has 2 unspecified atom stereocenters. The van der Waals surface area contributed by atoms with Crippen molar-refractivity contribution >= 4 is 35.8 Å². The van der Waals surface area contributed by atoms with Crippen LogP contribution in [0.3, 0.4) is 0 Å². The van der Waals surface area contributed by atoms with Crippen molar-refractivity contribution in [1.82, 2.24) is 10.6 Å². The predicted octanol–water partition coefficient (Wildman–Crippen LogP) is 1.46. The Morgan fingerprint density at radius 2 is 2.25 bits per heavy atom. The first-order valence-electron chi connectivity index (χ1n) is 6.53. The average Bonchev–Trinajstić information content (AvgIpc) is 2.89. The zero-order valence-electron chi connectivity index (χ0n) is 11.7. The molecule has 1 saturated carbocycles. The van der Waals surface area contributed by atoms with Crippen molar-refractivity contribution in [3.05, 3.63) is 23.7 Å². The number of rotatable bonds is 5. The van der Waals surface area contributed by atoms with Crippen molar-refractivity contribution < 1.29 is 9.21 Å². The summed E-state index contributed by atoms with van der Waals surface area (Å²) in [5.74, 6) is 1.70. The van der Waals surface area contributed by atoms with Gasteiger partial charge in [0.15, 0.2) is 11.7 Å². The van der Waals surface area contributed by atoms with Gasteiger partial charge in [-0.05, 0) is 31.4 Å². The van der Waals surface area contributed by atoms with Crippen LogP contribution in [0.4, 0.5) is 0 Å². The third kappa shape index (κ3) is 4.69. The quantitative estimate of drug-likeness (QED) is 0.402. The SMILES string of the molecule is CCNC(=NCc1ccc(C(N)=O)o1)NC1CC1C.I. The van der Waals surface area contributed by atoms with Crippen molar-refractivity contribution in [1.29, 1.82) is 0 Å². The van der Waals surface area contributed by atoms with Crippen molar-refractivity contribution in [2.75, 3.05) is 6.54 Å². The van der Waals surface area contributed by atoms with E-state index in [2.05, 4.69) is 22.5 Å². The minimum Gasteiger partial charge on any atom is -0.454 e. The minimum atomic E-state index is -0.563. The normalized spacial score (nSPS) is 21.0. The number of guanidine groups is 1. The van der Waals surface area contributed by atoms with Crippen LogP contribution in [0.15, 0.2) is 21.5 Å². The number of nitrogens with two attached hydrogens (primary N) is 1. The second-order valence-corrected chi connectivity index (χ2v) is 4.79. The van der Waals surface area contributed by atoms with Gasteiger partial charge in [0.05, 0.1) is 0 Å². The van der Waals surface area contributed by atoms with Crippen LogP contribution in [0.5, 0.6) is 0 Å². The van der Waals surface area contributed by atoms with E-state index < -0.39 is 5.91 Å². The van der Waals surface area contributed by atoms with Crippen LogP contribution in [0.1, 0.15) is 36.6 Å². The third-order valence-electron chi connectivity index (χ3n) is 3.07. The molecule has 2 atom stereocenters. The molecule has 7 heteroatoms. The fourth-order valence-electron chi connectivity index (χ4n) is 1.77. The predicted molar refractivity (Wildman–Crippen MR) is 88.2 cm³/mol. The molecule has 0 aliphatic heterocycles. The van der Waals surface area contributed by atoms with Crippen LogP contribution in [0.2, 0.25) is 0 Å². The number of carbonyl (C=O) groups is 1. The molecular formula is C13H21IN4O2. The second-order valence-electron chi connectivity index (χ2n) is 4.79. The third-order valence-corrected chi connectivity index (χ3v) is 3.07. The van der Waals surface area contributed by atoms with Crippen LogP contribution in [0, 0.1) is 5.92 Å². The molecule has 0 spiro atoms. The van der Waals surface area contributed by atoms with Gasteiger partial charge < -0.3 is 20.8 Å². The van der Waals surface area contributed by atoms with Gasteiger partial charge in [0.1, 0.15) is 12.3 Å². The van der Waals surface area contributed by atoms with Crippen LogP contribution in [-0.2, 0) is 6.54 Å². The molecule has 2 rings (SSSR count). The fraction of sp³-hybridized carbons (Fsp3) is 0.538. The molecule has 1 aliphatic rings. The molecule has 6 nitrogen and oxygen atoms in total. The zero-order chi connectivity index (χ0) is 13.8. The molecule has 0 radical (unpaired) electrons. The van der Waals surface area contributed by atoms with Crippen molar-refractivity contribution in [3.63, 3.8) is 0 Å². The van der Waals surface area contributed by atoms with Gasteiger partial charge in [-0.2, -0.15) is 0 Å². The summed E-state index contributed by atoms with van der Waals surface area (Å²) >= 11 is 0. The van der Waals surface area contributed by atoms with Crippen molar-refractivity contribution in [2.24, 2.45) is 16.6 Å². The van der Waals surface area contributed by atoms with E-state index in [1.807, 2.05) is 6.92 Å². The first-order valence-corrected chi connectivity index (χ1v) is 6.53. The lowest BCUT2D eigenvalue weighted by Gasteiger charge is -2.10. The van der Waals surface area contributed by atoms with E-state index in [1.54, 1.807) is 12.1 Å². The van der Waals surface area contributed by atoms with Crippen LogP contribution >= 0.6 is 24.0 Å². The number of nitrogens with zero attached hydrogens (tertiary/aromatic N) is 1. The van der Waals surface area contributed by atoms with Gasteiger partial charge in [0, 0.05) is 12.6 Å². The number of halogens is 1. The Labute approximate surface area is 135 Å². The van der Waals surface area contributed by atoms with Gasteiger partial charge in [-0.25, -0.2) is 4.99 Å². The number of nitrogens with one attached hydrogen (secondary N) is 2. The fourth-order valence-corrected chi connectivity index (χ4v) is 1.77. The maximum Gasteiger partial charge on any atom is 0.284 e. The summed E-state index contributed by atoms with van der Waals surface area (Å²) < 4.78 is 5.28. The number of hydrogen-bond acceptors (Lipinski definition) is 3. The Bertz CT molecular complexity index is 486. The molecule has 1 aromatic rings. The topological polar surface area (TPSA) is 92.6 Å². The number of amides is 1. The molecule has 20 heavy (non-hydrogen) atoms. The Hall–Kier alpha value is -1.25. The molecule has 1 aliphatic carbocycles. The number of primary amides is 1. The first-order chi connectivity index (χ1) is 9.10. The summed E-state index contributed by atoms with van der Waals surface area (Å²) in [6, 6.07) is 3.79. The molecular weight excluding hydrogens is 371 g/mol. The highest BCUT2D eigenvalue weighted by Crippen LogP contribution is 2.28. The number of hydrogen-bond donors (Lipinski definition) is 3. The second kappa shape index (κ2) is 7.51. The average molecular weight is 392 g/mol. The summed E-state index contributed by atoms with van der Waals surface area (Å²) in [6.07, 6.45) is 1.18. The van der Waals surface area contributed by atoms with Gasteiger partial charge in [-0.3, -0.25) is 4.79 Å². The summed E-state index contributed by atoms with van der Waals surface area (Å²) in [4.78, 5) is 15.3. The summed E-state index contributed by atoms with van der Waals surface area (Å²) in [7, 11) is 0. The van der Waals surface area contributed by atoms with E-state index in [1.165, 1.54) is 6.42 Å². The van der Waals surface area contributed by atoms with E-state index in [0.29, 0.717) is 24.3 Å². The number of furan rings is 1. The molecule has 0 bridgehead atoms. The van der Waals surface area contributed by atoms with E-state index in [0.717, 1.165) is 12.5 Å². The standard InChI is InChI=1S/C13H20N4O2.HI/c1-3-15-13(17-10-6-8(10)2)16-7-9-4-5-11(19-9)12(14)18;/h4-5,8,10H,3,6-7H2,1-2H3,(H2,14,18)(H2,15,16,17);1H. The van der Waals surface area contributed by atoms with Crippen LogP contribution in [0.25, 0.3) is 0 Å². The Morgan fingerprint density at radius 3 is 2.75 bits per heavy atom. The monoisotopic (exact) mass is 392 g/mol. The lowest BCUT2D eigenvalue weighted by molar-refractivity contribution is 0.0972. The van der Waals surface area contributed by atoms with Crippen LogP contribution in [-0.4, -0.2) is 24.5 Å². The lowest BCUT2D eigenvalue weighted by Crippen LogP contribution is -2.39. The van der Waals surface area contributed by atoms with E-state index in [-0.39, 0.29) is 29.7 Å². The molecule has 1 aromatic heterocycles. The first kappa shape index (κ1) is 16.8. The highest BCUT2D eigenvalue weighted by Gasteiger charge is 2.33. The summed E-state index contributed by atoms with van der Waals surface area (Å²) in [5, 5.41) is 6.53. The zero-order valence-corrected chi connectivity index (χ0v) is 14.0. The van der Waals surface area contributed by atoms with Gasteiger partial charge >= 0.3 is 0 Å². The summed E-state index contributed by atoms with van der Waals surface area (Å²) in [6.45, 7) is 5.40. The van der Waals surface area contributed by atoms with Crippen molar-refractivity contribution in [2.45, 2.75) is 32.9 Å². The molecule has 4 N–H and O–H groups in total. The van der Waals surface area contributed by atoms with Crippen molar-refractivity contribution in [3.8, 4) is 0 Å². The highest BCUT2D eigenvalue weighted by atomic mass is 127. The highest BCUT2D eigenvalue weighted by molar-refractivity contribution is 14.0. The van der Waals surface area contributed by atoms with E-state index >= 15 is 0 Å². The number of carbonyl (C=O) groups excluding carboxylic acids is 1. The Balaban J connectivity index is 0.00000200. The molecule has 1 heterocycles. The maximum atomic E-state index is 10.9. The molecule has 112 valence electrons. The molecule has 0 aromatic carbocycles. The van der Waals surface area contributed by atoms with E-state index in [4.69, 9.17) is 10.2 Å². The Morgan fingerprint density at radius 1 is 1.55 bits per heavy atom. The molecule has 0 saturated heterocycles. The van der Waals surface area contributed by atoms with Gasteiger partial charge in [0.25, 0.3) is 5.91 Å². The minimum absolute atomic E-state index is 0. The van der Waals surface area contributed by atoms with E-state index in [9.17, 15) is 4.79 Å². The van der Waals surface area contributed by atoms with Gasteiger partial charge in [-0.1, -0.05) is 6.92 Å². The van der Waals surface area contributed by atoms with Gasteiger partial charge in [-0.15, -0.1) is 24.0 Å². The summed E-state index contributed by atoms with van der Waals surface area (Å²) in [5.41, 5.74) is 5.13. The molecule has 1 amide bonds. The molecule has 1 fully saturated rings. The smallest absolute Gasteiger partial charge is 0.284 e. The number of aliphatic imine (C=N–C) groups is 1.